The Bertz CT molecular complexity index is 1360. The van der Waals surface area contributed by atoms with Crippen molar-refractivity contribution in [3.05, 3.63) is 87.4 Å². The second kappa shape index (κ2) is 11.1. The molecule has 0 fully saturated rings. The standard InChI is InChI=1S/C25H24Cl2N2O5S/c1-4-34-25(31)22-12-8-19(14-23(22)27)28-24(30)15-29(20-9-5-16(2)17(3)13-20)35(32,33)21-10-6-18(26)7-11-21/h5-14H,4,15H2,1-3H3,(H,28,30). The summed E-state index contributed by atoms with van der Waals surface area (Å²) < 4.78 is 33.0. The molecule has 1 N–H and O–H groups in total. The van der Waals surface area contributed by atoms with Crippen molar-refractivity contribution in [1.29, 1.82) is 0 Å². The van der Waals surface area contributed by atoms with Crippen LogP contribution < -0.4 is 9.62 Å². The van der Waals surface area contributed by atoms with Gasteiger partial charge in [0.15, 0.2) is 0 Å². The molecule has 7 nitrogen and oxygen atoms in total. The van der Waals surface area contributed by atoms with Gasteiger partial charge in [-0.05, 0) is 86.5 Å². The number of sulfonamides is 1. The SMILES string of the molecule is CCOC(=O)c1ccc(NC(=O)CN(c2ccc(C)c(C)c2)S(=O)(=O)c2ccc(Cl)cc2)cc1Cl. The summed E-state index contributed by atoms with van der Waals surface area (Å²) in [5.74, 6) is -1.17. The second-order valence-corrected chi connectivity index (χ2v) is 10.4. The molecule has 3 rings (SSSR count). The molecule has 0 radical (unpaired) electrons. The Balaban J connectivity index is 1.91. The fourth-order valence-corrected chi connectivity index (χ4v) is 5.02. The normalized spacial score (nSPS) is 11.1. The second-order valence-electron chi connectivity index (χ2n) is 7.70. The number of carbonyl (C=O) groups excluding carboxylic acids is 2. The van der Waals surface area contributed by atoms with E-state index in [1.807, 2.05) is 13.8 Å². The van der Waals surface area contributed by atoms with Gasteiger partial charge in [0.1, 0.15) is 6.54 Å². The number of amides is 1. The predicted molar refractivity (Wildman–Crippen MR) is 138 cm³/mol. The van der Waals surface area contributed by atoms with Crippen LogP contribution in [0.1, 0.15) is 28.4 Å². The van der Waals surface area contributed by atoms with Gasteiger partial charge in [0.25, 0.3) is 10.0 Å². The summed E-state index contributed by atoms with van der Waals surface area (Å²) in [6, 6.07) is 15.2. The van der Waals surface area contributed by atoms with Crippen LogP contribution in [0.3, 0.4) is 0 Å². The first-order valence-corrected chi connectivity index (χ1v) is 12.8. The number of benzene rings is 3. The van der Waals surface area contributed by atoms with Crippen molar-refractivity contribution in [2.45, 2.75) is 25.7 Å². The van der Waals surface area contributed by atoms with E-state index in [-0.39, 0.29) is 22.1 Å². The number of carbonyl (C=O) groups is 2. The minimum atomic E-state index is -4.09. The molecule has 0 aromatic heterocycles. The minimum absolute atomic E-state index is 0.00485. The molecule has 10 heteroatoms. The number of nitrogens with zero attached hydrogens (tertiary/aromatic N) is 1. The number of ether oxygens (including phenoxy) is 1. The third kappa shape index (κ3) is 6.33. The highest BCUT2D eigenvalue weighted by molar-refractivity contribution is 7.92. The highest BCUT2D eigenvalue weighted by Gasteiger charge is 2.27. The molecule has 0 aliphatic heterocycles. The average molecular weight is 535 g/mol. The number of rotatable bonds is 8. The number of nitrogens with one attached hydrogen (secondary N) is 1. The predicted octanol–water partition coefficient (Wildman–Crippen LogP) is 5.62. The Morgan fingerprint density at radius 1 is 0.943 bits per heavy atom. The molecule has 0 spiro atoms. The Labute approximate surface area is 214 Å². The van der Waals surface area contributed by atoms with Crippen LogP contribution in [0.4, 0.5) is 11.4 Å². The molecule has 1 amide bonds. The van der Waals surface area contributed by atoms with Gasteiger partial charge in [-0.2, -0.15) is 0 Å². The number of hydrogen-bond donors (Lipinski definition) is 1. The van der Waals surface area contributed by atoms with Gasteiger partial charge in [0, 0.05) is 10.7 Å². The van der Waals surface area contributed by atoms with E-state index in [9.17, 15) is 18.0 Å². The van der Waals surface area contributed by atoms with E-state index in [4.69, 9.17) is 27.9 Å². The van der Waals surface area contributed by atoms with Crippen LogP contribution in [0, 0.1) is 13.8 Å². The van der Waals surface area contributed by atoms with Crippen molar-refractivity contribution in [2.75, 3.05) is 22.8 Å². The summed E-state index contributed by atoms with van der Waals surface area (Å²) in [6.07, 6.45) is 0. The molecule has 0 aliphatic rings. The lowest BCUT2D eigenvalue weighted by Crippen LogP contribution is -2.38. The molecule has 0 saturated carbocycles. The number of halogens is 2. The van der Waals surface area contributed by atoms with E-state index < -0.39 is 28.4 Å². The molecular weight excluding hydrogens is 511 g/mol. The number of anilines is 2. The quantitative estimate of drug-likeness (QED) is 0.378. The highest BCUT2D eigenvalue weighted by Crippen LogP contribution is 2.27. The van der Waals surface area contributed by atoms with Crippen LogP contribution >= 0.6 is 23.2 Å². The molecule has 3 aromatic rings. The van der Waals surface area contributed by atoms with E-state index in [0.29, 0.717) is 16.4 Å². The van der Waals surface area contributed by atoms with Gasteiger partial charge in [-0.1, -0.05) is 29.3 Å². The molecule has 0 atom stereocenters. The topological polar surface area (TPSA) is 92.8 Å². The van der Waals surface area contributed by atoms with Crippen molar-refractivity contribution in [3.63, 3.8) is 0 Å². The number of hydrogen-bond acceptors (Lipinski definition) is 5. The molecule has 3 aromatic carbocycles. The molecule has 0 aliphatic carbocycles. The monoisotopic (exact) mass is 534 g/mol. The molecule has 0 heterocycles. The van der Waals surface area contributed by atoms with Crippen LogP contribution in [0.25, 0.3) is 0 Å². The smallest absolute Gasteiger partial charge is 0.339 e. The van der Waals surface area contributed by atoms with Gasteiger partial charge in [-0.25, -0.2) is 13.2 Å². The van der Waals surface area contributed by atoms with Crippen LogP contribution in [-0.2, 0) is 19.6 Å². The Morgan fingerprint density at radius 3 is 2.23 bits per heavy atom. The largest absolute Gasteiger partial charge is 0.462 e. The summed E-state index contributed by atoms with van der Waals surface area (Å²) in [5, 5.41) is 3.13. The highest BCUT2D eigenvalue weighted by atomic mass is 35.5. The molecule has 0 saturated heterocycles. The Hall–Kier alpha value is -3.07. The maximum absolute atomic E-state index is 13.5. The third-order valence-electron chi connectivity index (χ3n) is 5.22. The zero-order chi connectivity index (χ0) is 25.8. The first-order valence-electron chi connectivity index (χ1n) is 10.6. The zero-order valence-electron chi connectivity index (χ0n) is 19.3. The lowest BCUT2D eigenvalue weighted by atomic mass is 10.1. The zero-order valence-corrected chi connectivity index (χ0v) is 21.7. The first-order chi connectivity index (χ1) is 16.5. The molecule has 184 valence electrons. The summed E-state index contributed by atoms with van der Waals surface area (Å²) in [6.45, 7) is 5.15. The molecule has 0 bridgehead atoms. The van der Waals surface area contributed by atoms with Crippen LogP contribution in [0.15, 0.2) is 65.6 Å². The maximum Gasteiger partial charge on any atom is 0.339 e. The van der Waals surface area contributed by atoms with E-state index in [1.54, 1.807) is 25.1 Å². The summed E-state index contributed by atoms with van der Waals surface area (Å²) in [7, 11) is -4.09. The Kier molecular flexibility index (Phi) is 8.43. The third-order valence-corrected chi connectivity index (χ3v) is 7.57. The van der Waals surface area contributed by atoms with E-state index in [1.165, 1.54) is 42.5 Å². The van der Waals surface area contributed by atoms with E-state index in [0.717, 1.165) is 15.4 Å². The molecular formula is C25H24Cl2N2O5S. The van der Waals surface area contributed by atoms with Gasteiger partial charge in [-0.3, -0.25) is 9.10 Å². The van der Waals surface area contributed by atoms with Gasteiger partial charge in [0.2, 0.25) is 5.91 Å². The van der Waals surface area contributed by atoms with Gasteiger partial charge < -0.3 is 10.1 Å². The first kappa shape index (κ1) is 26.5. The number of esters is 1. The average Bonchev–Trinajstić information content (AvgIpc) is 2.80. The summed E-state index contributed by atoms with van der Waals surface area (Å²) >= 11 is 12.1. The lowest BCUT2D eigenvalue weighted by Gasteiger charge is -2.25. The van der Waals surface area contributed by atoms with E-state index in [2.05, 4.69) is 5.32 Å². The van der Waals surface area contributed by atoms with Crippen molar-refractivity contribution in [2.24, 2.45) is 0 Å². The Morgan fingerprint density at radius 2 is 1.63 bits per heavy atom. The summed E-state index contributed by atoms with van der Waals surface area (Å²) in [4.78, 5) is 24.9. The van der Waals surface area contributed by atoms with Crippen LogP contribution in [-0.4, -0.2) is 33.4 Å². The van der Waals surface area contributed by atoms with Crippen LogP contribution in [0.2, 0.25) is 10.0 Å². The maximum atomic E-state index is 13.5. The lowest BCUT2D eigenvalue weighted by molar-refractivity contribution is -0.114. The fraction of sp³-hybridized carbons (Fsp3) is 0.200. The summed E-state index contributed by atoms with van der Waals surface area (Å²) in [5.41, 5.74) is 2.67. The van der Waals surface area contributed by atoms with Crippen molar-refractivity contribution in [3.8, 4) is 0 Å². The minimum Gasteiger partial charge on any atom is -0.462 e. The van der Waals surface area contributed by atoms with Gasteiger partial charge in [0.05, 0.1) is 27.8 Å². The fourth-order valence-electron chi connectivity index (χ4n) is 3.23. The molecule has 0 unspecified atom stereocenters. The van der Waals surface area contributed by atoms with Crippen molar-refractivity contribution >= 4 is 56.5 Å². The van der Waals surface area contributed by atoms with Gasteiger partial charge >= 0.3 is 5.97 Å². The van der Waals surface area contributed by atoms with E-state index >= 15 is 0 Å². The van der Waals surface area contributed by atoms with Crippen molar-refractivity contribution < 1.29 is 22.7 Å². The van der Waals surface area contributed by atoms with Gasteiger partial charge in [-0.15, -0.1) is 0 Å². The van der Waals surface area contributed by atoms with Crippen LogP contribution in [0.5, 0.6) is 0 Å². The number of aryl methyl sites for hydroxylation is 2. The van der Waals surface area contributed by atoms with Crippen molar-refractivity contribution in [1.82, 2.24) is 0 Å². The molecule has 35 heavy (non-hydrogen) atoms.